The van der Waals surface area contributed by atoms with Crippen LogP contribution in [0.4, 0.5) is 0 Å². The first kappa shape index (κ1) is 17.5. The molecule has 3 rings (SSSR count). The lowest BCUT2D eigenvalue weighted by molar-refractivity contribution is -0.171. The molecule has 0 aromatic rings. The van der Waals surface area contributed by atoms with E-state index in [1.165, 1.54) is 0 Å². The maximum Gasteiger partial charge on any atom is 0.320 e. The van der Waals surface area contributed by atoms with Gasteiger partial charge in [0.2, 0.25) is 0 Å². The fourth-order valence-corrected chi connectivity index (χ4v) is 5.05. The molecule has 2 aliphatic carbocycles. The minimum Gasteiger partial charge on any atom is -0.460 e. The molecule has 0 amide bonds. The van der Waals surface area contributed by atoms with Gasteiger partial charge in [0, 0.05) is 5.92 Å². The molecule has 0 aromatic heterocycles. The van der Waals surface area contributed by atoms with Crippen molar-refractivity contribution in [3.8, 4) is 0 Å². The van der Waals surface area contributed by atoms with Gasteiger partial charge in [-0.05, 0) is 36.2 Å². The molecule has 1 unspecified atom stereocenters. The fourth-order valence-electron chi connectivity index (χ4n) is 5.05. The molecule has 3 aliphatic rings. The summed E-state index contributed by atoms with van der Waals surface area (Å²) < 4.78 is 11.1. The molecule has 24 heavy (non-hydrogen) atoms. The van der Waals surface area contributed by atoms with Crippen molar-refractivity contribution in [3.05, 3.63) is 12.2 Å². The smallest absolute Gasteiger partial charge is 0.320 e. The molecule has 1 aliphatic heterocycles. The Kier molecular flexibility index (Phi) is 4.06. The van der Waals surface area contributed by atoms with Crippen LogP contribution >= 0.6 is 0 Å². The van der Waals surface area contributed by atoms with Gasteiger partial charge in [0.25, 0.3) is 0 Å². The van der Waals surface area contributed by atoms with Gasteiger partial charge in [-0.1, -0.05) is 34.3 Å². The molecule has 2 saturated carbocycles. The number of carbonyl (C=O) groups excluding carboxylic acids is 2. The van der Waals surface area contributed by atoms with Crippen LogP contribution < -0.4 is 0 Å². The molecule has 6 atom stereocenters. The van der Waals surface area contributed by atoms with Crippen LogP contribution in [0.1, 0.15) is 47.0 Å². The van der Waals surface area contributed by atoms with Crippen LogP contribution in [0.2, 0.25) is 0 Å². The first-order valence-electron chi connectivity index (χ1n) is 8.88. The number of aliphatic hydroxyl groups is 1. The Morgan fingerprint density at radius 1 is 1.42 bits per heavy atom. The minimum absolute atomic E-state index is 0.168. The zero-order valence-corrected chi connectivity index (χ0v) is 15.0. The van der Waals surface area contributed by atoms with Gasteiger partial charge in [-0.25, -0.2) is 0 Å². The van der Waals surface area contributed by atoms with Gasteiger partial charge in [-0.2, -0.15) is 0 Å². The van der Waals surface area contributed by atoms with E-state index in [4.69, 9.17) is 9.47 Å². The second-order valence-corrected chi connectivity index (χ2v) is 8.42. The summed E-state index contributed by atoms with van der Waals surface area (Å²) in [6.45, 7) is 12.0. The number of rotatable bonds is 2. The zero-order chi connectivity index (χ0) is 17.9. The predicted molar refractivity (Wildman–Crippen MR) is 87.9 cm³/mol. The van der Waals surface area contributed by atoms with Crippen molar-refractivity contribution in [2.45, 2.75) is 59.2 Å². The third-order valence-corrected chi connectivity index (χ3v) is 6.76. The zero-order valence-electron chi connectivity index (χ0n) is 15.0. The maximum atomic E-state index is 12.7. The van der Waals surface area contributed by atoms with Crippen LogP contribution in [-0.4, -0.2) is 35.9 Å². The molecule has 0 aromatic carbocycles. The maximum absolute atomic E-state index is 12.7. The number of hydrogen-bond acceptors (Lipinski definition) is 5. The van der Waals surface area contributed by atoms with Gasteiger partial charge in [0.05, 0.1) is 12.0 Å². The van der Waals surface area contributed by atoms with E-state index in [-0.39, 0.29) is 35.8 Å². The van der Waals surface area contributed by atoms with Crippen LogP contribution in [0.25, 0.3) is 0 Å². The molecule has 1 heterocycles. The molecule has 0 radical (unpaired) electrons. The van der Waals surface area contributed by atoms with E-state index in [0.29, 0.717) is 24.3 Å². The van der Waals surface area contributed by atoms with Crippen LogP contribution in [-0.2, 0) is 19.1 Å². The van der Waals surface area contributed by atoms with Gasteiger partial charge in [-0.15, -0.1) is 0 Å². The Labute approximate surface area is 143 Å². The monoisotopic (exact) mass is 336 g/mol. The van der Waals surface area contributed by atoms with Crippen molar-refractivity contribution in [2.75, 3.05) is 6.61 Å². The van der Waals surface area contributed by atoms with Crippen LogP contribution in [0.3, 0.4) is 0 Å². The summed E-state index contributed by atoms with van der Waals surface area (Å²) in [4.78, 5) is 25.0. The average molecular weight is 336 g/mol. The van der Waals surface area contributed by atoms with Crippen molar-refractivity contribution < 1.29 is 24.2 Å². The highest BCUT2D eigenvalue weighted by Gasteiger charge is 2.71. The number of aliphatic hydroxyl groups excluding tert-OH is 1. The van der Waals surface area contributed by atoms with Gasteiger partial charge in [0.15, 0.2) is 0 Å². The summed E-state index contributed by atoms with van der Waals surface area (Å²) >= 11 is 0. The molecule has 1 spiro atoms. The Hall–Kier alpha value is -1.36. The lowest BCUT2D eigenvalue weighted by Crippen LogP contribution is -2.49. The number of cyclic esters (lactones) is 1. The van der Waals surface area contributed by atoms with Gasteiger partial charge in [-0.3, -0.25) is 9.59 Å². The molecule has 0 bridgehead atoms. The van der Waals surface area contributed by atoms with E-state index in [1.54, 1.807) is 13.8 Å². The number of esters is 2. The molecular weight excluding hydrogens is 308 g/mol. The topological polar surface area (TPSA) is 72.8 Å². The SMILES string of the molecule is C=C1COC(=O)C12C[C@@]1(C)[C@@H]([C@H]2OC(=O)C(C)C)[C@@H](O)CC[C@@H]1C. The Balaban J connectivity index is 2.09. The second-order valence-electron chi connectivity index (χ2n) is 8.42. The van der Waals surface area contributed by atoms with E-state index in [0.717, 1.165) is 6.42 Å². The second kappa shape index (κ2) is 5.58. The normalized spacial score (nSPS) is 44.8. The molecule has 134 valence electrons. The van der Waals surface area contributed by atoms with Crippen molar-refractivity contribution in [1.82, 2.24) is 0 Å². The van der Waals surface area contributed by atoms with E-state index >= 15 is 0 Å². The van der Waals surface area contributed by atoms with E-state index in [9.17, 15) is 14.7 Å². The van der Waals surface area contributed by atoms with Gasteiger partial charge < -0.3 is 14.6 Å². The number of hydrogen-bond donors (Lipinski definition) is 1. The molecule has 1 saturated heterocycles. The quantitative estimate of drug-likeness (QED) is 0.619. The van der Waals surface area contributed by atoms with Crippen LogP contribution in [0.15, 0.2) is 12.2 Å². The van der Waals surface area contributed by atoms with Crippen LogP contribution in [0.5, 0.6) is 0 Å². The van der Waals surface area contributed by atoms with Crippen LogP contribution in [0, 0.1) is 28.6 Å². The third kappa shape index (κ3) is 2.17. The minimum atomic E-state index is -1.01. The predicted octanol–water partition coefficient (Wildman–Crippen LogP) is 2.47. The first-order chi connectivity index (χ1) is 11.1. The largest absolute Gasteiger partial charge is 0.460 e. The van der Waals surface area contributed by atoms with Crippen molar-refractivity contribution in [3.63, 3.8) is 0 Å². The summed E-state index contributed by atoms with van der Waals surface area (Å²) in [6, 6.07) is 0. The fraction of sp³-hybridized carbons (Fsp3) is 0.789. The van der Waals surface area contributed by atoms with E-state index in [2.05, 4.69) is 20.4 Å². The molecule has 3 fully saturated rings. The standard InChI is InChI=1S/C19H28O5/c1-10(2)16(21)24-15-14-13(20)7-6-11(3)18(14,5)9-19(15)12(4)8-23-17(19)22/h10-11,13-15,20H,4,6-9H2,1-3,5H3/t11-,13-,14+,15+,18+,19?/m0/s1. The lowest BCUT2D eigenvalue weighted by atomic mass is 9.62. The summed E-state index contributed by atoms with van der Waals surface area (Å²) in [5.41, 5.74) is -0.626. The number of carbonyl (C=O) groups is 2. The summed E-state index contributed by atoms with van der Waals surface area (Å²) in [6.07, 6.45) is 0.802. The van der Waals surface area contributed by atoms with Crippen molar-refractivity contribution in [2.24, 2.45) is 28.6 Å². The van der Waals surface area contributed by atoms with Gasteiger partial charge in [0.1, 0.15) is 18.1 Å². The first-order valence-corrected chi connectivity index (χ1v) is 8.88. The third-order valence-electron chi connectivity index (χ3n) is 6.76. The lowest BCUT2D eigenvalue weighted by Gasteiger charge is -2.45. The van der Waals surface area contributed by atoms with Crippen molar-refractivity contribution in [1.29, 1.82) is 0 Å². The Morgan fingerprint density at radius 3 is 2.62 bits per heavy atom. The highest BCUT2D eigenvalue weighted by molar-refractivity contribution is 5.86. The van der Waals surface area contributed by atoms with E-state index in [1.807, 2.05) is 0 Å². The molecule has 1 N–H and O–H groups in total. The average Bonchev–Trinajstić information content (AvgIpc) is 2.95. The molecular formula is C19H28O5. The Morgan fingerprint density at radius 2 is 2.08 bits per heavy atom. The highest BCUT2D eigenvalue weighted by atomic mass is 16.6. The van der Waals surface area contributed by atoms with Gasteiger partial charge >= 0.3 is 11.9 Å². The Bertz CT molecular complexity index is 564. The summed E-state index contributed by atoms with van der Waals surface area (Å²) in [5, 5.41) is 10.7. The molecule has 5 heteroatoms. The number of ether oxygens (including phenoxy) is 2. The summed E-state index contributed by atoms with van der Waals surface area (Å²) in [7, 11) is 0. The van der Waals surface area contributed by atoms with E-state index < -0.39 is 17.6 Å². The number of fused-ring (bicyclic) bond motifs is 1. The van der Waals surface area contributed by atoms with Crippen molar-refractivity contribution >= 4 is 11.9 Å². The molecule has 5 nitrogen and oxygen atoms in total. The summed E-state index contributed by atoms with van der Waals surface area (Å²) in [5.74, 6) is -0.943. The highest BCUT2D eigenvalue weighted by Crippen LogP contribution is 2.65.